The number of nitrogens with one attached hydrogen (secondary N) is 1. The van der Waals surface area contributed by atoms with Crippen LogP contribution in [-0.2, 0) is 9.59 Å². The lowest BCUT2D eigenvalue weighted by atomic mass is 10.1. The van der Waals surface area contributed by atoms with E-state index in [1.807, 2.05) is 31.2 Å². The van der Waals surface area contributed by atoms with E-state index >= 15 is 0 Å². The number of carbonyl (C=O) groups excluding carboxylic acids is 3. The van der Waals surface area contributed by atoms with Crippen LogP contribution in [0, 0.1) is 6.92 Å². The van der Waals surface area contributed by atoms with Gasteiger partial charge in [0, 0.05) is 38.9 Å². The minimum atomic E-state index is -0.484. The van der Waals surface area contributed by atoms with Gasteiger partial charge >= 0.3 is 6.03 Å². The first-order chi connectivity index (χ1) is 12.0. The second-order valence-corrected chi connectivity index (χ2v) is 6.48. The highest BCUT2D eigenvalue weighted by atomic mass is 16.5. The molecule has 2 aliphatic rings. The molecule has 0 atom stereocenters. The van der Waals surface area contributed by atoms with Crippen LogP contribution < -0.4 is 10.1 Å². The monoisotopic (exact) mass is 345 g/mol. The number of urea groups is 1. The van der Waals surface area contributed by atoms with E-state index in [1.165, 1.54) is 0 Å². The molecular weight excluding hydrogens is 322 g/mol. The molecule has 7 nitrogen and oxygen atoms in total. The number of ether oxygens (including phenoxy) is 1. The summed E-state index contributed by atoms with van der Waals surface area (Å²) in [7, 11) is 0. The van der Waals surface area contributed by atoms with Gasteiger partial charge in [-0.05, 0) is 24.6 Å². The molecule has 0 saturated carbocycles. The van der Waals surface area contributed by atoms with Gasteiger partial charge in [0.2, 0.25) is 11.8 Å². The van der Waals surface area contributed by atoms with Crippen LogP contribution in [-0.4, -0.2) is 59.9 Å². The van der Waals surface area contributed by atoms with Crippen LogP contribution in [0.3, 0.4) is 0 Å². The van der Waals surface area contributed by atoms with Crippen molar-refractivity contribution in [3.8, 4) is 5.75 Å². The van der Waals surface area contributed by atoms with E-state index in [0.717, 1.165) is 29.1 Å². The molecule has 2 fully saturated rings. The highest BCUT2D eigenvalue weighted by Crippen LogP contribution is 2.20. The second kappa shape index (κ2) is 7.55. The Morgan fingerprint density at radius 2 is 2.04 bits per heavy atom. The van der Waals surface area contributed by atoms with Gasteiger partial charge in [-0.15, -0.1) is 0 Å². The fourth-order valence-corrected chi connectivity index (χ4v) is 3.12. The molecule has 3 rings (SSSR count). The van der Waals surface area contributed by atoms with E-state index in [2.05, 4.69) is 5.32 Å². The number of benzene rings is 1. The lowest BCUT2D eigenvalue weighted by molar-refractivity contribution is -0.139. The number of piperidine rings is 1. The molecule has 0 unspecified atom stereocenters. The first-order valence-electron chi connectivity index (χ1n) is 8.62. The van der Waals surface area contributed by atoms with Gasteiger partial charge in [-0.25, -0.2) is 4.79 Å². The summed E-state index contributed by atoms with van der Waals surface area (Å²) in [5, 5.41) is 2.59. The third-order valence-electron chi connectivity index (χ3n) is 4.54. The predicted octanol–water partition coefficient (Wildman–Crippen LogP) is 1.31. The van der Waals surface area contributed by atoms with Gasteiger partial charge in [0.1, 0.15) is 18.4 Å². The van der Waals surface area contributed by atoms with E-state index < -0.39 is 6.03 Å². The van der Waals surface area contributed by atoms with Gasteiger partial charge < -0.3 is 15.0 Å². The molecule has 0 bridgehead atoms. The summed E-state index contributed by atoms with van der Waals surface area (Å²) in [6.07, 6.45) is 1.79. The molecule has 1 aromatic carbocycles. The highest BCUT2D eigenvalue weighted by Gasteiger charge is 2.31. The smallest absolute Gasteiger partial charge is 0.324 e. The lowest BCUT2D eigenvalue weighted by Gasteiger charge is -2.34. The number of likely N-dealkylation sites (tertiary alicyclic amines) is 1. The summed E-state index contributed by atoms with van der Waals surface area (Å²) < 4.78 is 5.98. The van der Waals surface area contributed by atoms with E-state index in [9.17, 15) is 14.4 Å². The van der Waals surface area contributed by atoms with Crippen molar-refractivity contribution in [3.05, 3.63) is 29.8 Å². The predicted molar refractivity (Wildman–Crippen MR) is 91.1 cm³/mol. The minimum Gasteiger partial charge on any atom is -0.490 e. The highest BCUT2D eigenvalue weighted by molar-refractivity contribution is 6.00. The molecule has 2 saturated heterocycles. The molecule has 25 heavy (non-hydrogen) atoms. The zero-order valence-corrected chi connectivity index (χ0v) is 14.4. The average Bonchev–Trinajstić information content (AvgIpc) is 2.59. The SMILES string of the molecule is Cc1cccc(OC2CCN(C(=O)CN3C(=O)CCNC3=O)CC2)c1. The molecule has 2 heterocycles. The Kier molecular flexibility index (Phi) is 5.21. The number of hydrogen-bond acceptors (Lipinski definition) is 4. The molecule has 2 aliphatic heterocycles. The maximum atomic E-state index is 12.4. The standard InChI is InChI=1S/C18H23N3O4/c1-13-3-2-4-15(11-13)25-14-6-9-20(10-7-14)17(23)12-21-16(22)5-8-19-18(21)24/h2-4,11,14H,5-10,12H2,1H3,(H,19,24). The third-order valence-corrected chi connectivity index (χ3v) is 4.54. The minimum absolute atomic E-state index is 0.0748. The Morgan fingerprint density at radius 1 is 1.28 bits per heavy atom. The Labute approximate surface area is 146 Å². The zero-order chi connectivity index (χ0) is 17.8. The van der Waals surface area contributed by atoms with E-state index in [4.69, 9.17) is 4.74 Å². The lowest BCUT2D eigenvalue weighted by Crippen LogP contribution is -2.54. The Hall–Kier alpha value is -2.57. The van der Waals surface area contributed by atoms with Crippen LogP contribution in [0.1, 0.15) is 24.8 Å². The molecule has 0 radical (unpaired) electrons. The number of hydrogen-bond donors (Lipinski definition) is 1. The normalized spacial score (nSPS) is 18.9. The number of imide groups is 1. The van der Waals surface area contributed by atoms with Crippen LogP contribution >= 0.6 is 0 Å². The average molecular weight is 345 g/mol. The van der Waals surface area contributed by atoms with Crippen LogP contribution in [0.2, 0.25) is 0 Å². The quantitative estimate of drug-likeness (QED) is 0.892. The number of nitrogens with zero attached hydrogens (tertiary/aromatic N) is 2. The van der Waals surface area contributed by atoms with E-state index in [-0.39, 0.29) is 30.9 Å². The summed E-state index contributed by atoms with van der Waals surface area (Å²) >= 11 is 0. The molecule has 134 valence electrons. The van der Waals surface area contributed by atoms with Crippen LogP contribution in [0.25, 0.3) is 0 Å². The largest absolute Gasteiger partial charge is 0.490 e. The van der Waals surface area contributed by atoms with Crippen LogP contribution in [0.15, 0.2) is 24.3 Å². The maximum absolute atomic E-state index is 12.4. The molecule has 0 spiro atoms. The molecular formula is C18H23N3O4. The van der Waals surface area contributed by atoms with Crippen molar-refractivity contribution in [2.75, 3.05) is 26.2 Å². The van der Waals surface area contributed by atoms with Crippen LogP contribution in [0.5, 0.6) is 5.75 Å². The van der Waals surface area contributed by atoms with Crippen molar-refractivity contribution in [1.29, 1.82) is 0 Å². The first kappa shape index (κ1) is 17.3. The molecule has 4 amide bonds. The van der Waals surface area contributed by atoms with Crippen LogP contribution in [0.4, 0.5) is 4.79 Å². The Balaban J connectivity index is 1.49. The third kappa shape index (κ3) is 4.29. The van der Waals surface area contributed by atoms with Crippen molar-refractivity contribution in [2.24, 2.45) is 0 Å². The van der Waals surface area contributed by atoms with Gasteiger partial charge in [0.25, 0.3) is 0 Å². The van der Waals surface area contributed by atoms with Gasteiger partial charge in [-0.3, -0.25) is 14.5 Å². The van der Waals surface area contributed by atoms with Crippen molar-refractivity contribution >= 4 is 17.8 Å². The van der Waals surface area contributed by atoms with Gasteiger partial charge in [0.05, 0.1) is 0 Å². The van der Waals surface area contributed by atoms with Crippen molar-refractivity contribution < 1.29 is 19.1 Å². The van der Waals surface area contributed by atoms with Crippen molar-refractivity contribution in [1.82, 2.24) is 15.1 Å². The number of rotatable bonds is 4. The van der Waals surface area contributed by atoms with Crippen molar-refractivity contribution in [2.45, 2.75) is 32.3 Å². The fourth-order valence-electron chi connectivity index (χ4n) is 3.12. The second-order valence-electron chi connectivity index (χ2n) is 6.48. The summed E-state index contributed by atoms with van der Waals surface area (Å²) in [6.45, 7) is 3.31. The molecule has 0 aromatic heterocycles. The Morgan fingerprint density at radius 3 is 2.72 bits per heavy atom. The number of carbonyl (C=O) groups is 3. The summed E-state index contributed by atoms with van der Waals surface area (Å²) in [5.41, 5.74) is 1.15. The van der Waals surface area contributed by atoms with E-state index in [0.29, 0.717) is 19.6 Å². The Bertz CT molecular complexity index is 652. The summed E-state index contributed by atoms with van der Waals surface area (Å²) in [4.78, 5) is 38.6. The molecule has 1 aromatic rings. The maximum Gasteiger partial charge on any atom is 0.324 e. The topological polar surface area (TPSA) is 79.0 Å². The zero-order valence-electron chi connectivity index (χ0n) is 14.4. The van der Waals surface area contributed by atoms with Crippen molar-refractivity contribution in [3.63, 3.8) is 0 Å². The number of aryl methyl sites for hydroxylation is 1. The van der Waals surface area contributed by atoms with Gasteiger partial charge in [-0.2, -0.15) is 0 Å². The first-order valence-corrected chi connectivity index (χ1v) is 8.62. The molecule has 7 heteroatoms. The number of amides is 4. The van der Waals surface area contributed by atoms with Gasteiger partial charge in [0.15, 0.2) is 0 Å². The van der Waals surface area contributed by atoms with E-state index in [1.54, 1.807) is 4.90 Å². The summed E-state index contributed by atoms with van der Waals surface area (Å²) in [5.74, 6) is 0.356. The fraction of sp³-hybridized carbons (Fsp3) is 0.500. The van der Waals surface area contributed by atoms with Gasteiger partial charge in [-0.1, -0.05) is 12.1 Å². The molecule has 0 aliphatic carbocycles. The summed E-state index contributed by atoms with van der Waals surface area (Å²) in [6, 6.07) is 7.43. The molecule has 1 N–H and O–H groups in total.